The van der Waals surface area contributed by atoms with E-state index < -0.39 is 0 Å². The van der Waals surface area contributed by atoms with E-state index in [1.54, 1.807) is 0 Å². The fourth-order valence-corrected chi connectivity index (χ4v) is 1.82. The van der Waals surface area contributed by atoms with Gasteiger partial charge in [0.2, 0.25) is 0 Å². The summed E-state index contributed by atoms with van der Waals surface area (Å²) in [5.41, 5.74) is 2.10. The molecule has 0 atom stereocenters. The van der Waals surface area contributed by atoms with Crippen molar-refractivity contribution in [2.24, 2.45) is 10.8 Å². The minimum atomic E-state index is -0.300. The first-order valence-electron chi connectivity index (χ1n) is 6.23. The lowest BCUT2D eigenvalue weighted by Gasteiger charge is -2.19. The van der Waals surface area contributed by atoms with Gasteiger partial charge < -0.3 is 0 Å². The van der Waals surface area contributed by atoms with Gasteiger partial charge in [0, 0.05) is 11.0 Å². The average Bonchev–Trinajstić information content (AvgIpc) is 2.14. The van der Waals surface area contributed by atoms with Crippen LogP contribution in [-0.4, -0.2) is 5.78 Å². The smallest absolute Gasteiger partial charge is 0.168 e. The van der Waals surface area contributed by atoms with Crippen LogP contribution in [0.1, 0.15) is 57.5 Å². The lowest BCUT2D eigenvalue weighted by atomic mass is 9.84. The van der Waals surface area contributed by atoms with Crippen molar-refractivity contribution in [1.82, 2.24) is 0 Å². The van der Waals surface area contributed by atoms with E-state index in [1.165, 1.54) is 5.56 Å². The Labute approximate surface area is 105 Å². The highest BCUT2D eigenvalue weighted by atomic mass is 16.1. The van der Waals surface area contributed by atoms with Crippen LogP contribution in [0.15, 0.2) is 24.3 Å². The molecule has 0 spiro atoms. The van der Waals surface area contributed by atoms with E-state index in [1.807, 2.05) is 32.9 Å². The maximum Gasteiger partial charge on any atom is 0.168 e. The lowest BCUT2D eigenvalue weighted by molar-refractivity contribution is 0.0858. The van der Waals surface area contributed by atoms with Crippen LogP contribution in [0.5, 0.6) is 0 Å². The Hall–Kier alpha value is -1.11. The van der Waals surface area contributed by atoms with Crippen molar-refractivity contribution < 1.29 is 4.79 Å². The Balaban J connectivity index is 2.86. The molecule has 17 heavy (non-hydrogen) atoms. The van der Waals surface area contributed by atoms with Crippen LogP contribution in [0.4, 0.5) is 0 Å². The Morgan fingerprint density at radius 2 is 1.41 bits per heavy atom. The molecule has 1 aromatic carbocycles. The number of rotatable bonds is 2. The second-order valence-corrected chi connectivity index (χ2v) is 7.01. The molecule has 1 nitrogen and oxygen atoms in total. The molecule has 0 aliphatic heterocycles. The van der Waals surface area contributed by atoms with Gasteiger partial charge in [-0.2, -0.15) is 0 Å². The third-order valence-corrected chi connectivity index (χ3v) is 2.63. The molecule has 0 aliphatic rings. The van der Waals surface area contributed by atoms with Gasteiger partial charge in [-0.25, -0.2) is 0 Å². The van der Waals surface area contributed by atoms with Crippen LogP contribution in [0.2, 0.25) is 0 Å². The van der Waals surface area contributed by atoms with Crippen LogP contribution >= 0.6 is 0 Å². The molecule has 0 aliphatic carbocycles. The third-order valence-electron chi connectivity index (χ3n) is 2.63. The SMILES string of the molecule is CC(C)(C)Cc1ccc(C(=O)C(C)(C)C)cc1. The first-order valence-corrected chi connectivity index (χ1v) is 6.23. The zero-order valence-electron chi connectivity index (χ0n) is 11.9. The largest absolute Gasteiger partial charge is 0.294 e. The quantitative estimate of drug-likeness (QED) is 0.686. The van der Waals surface area contributed by atoms with Crippen molar-refractivity contribution >= 4 is 5.78 Å². The van der Waals surface area contributed by atoms with Crippen molar-refractivity contribution in [2.45, 2.75) is 48.0 Å². The lowest BCUT2D eigenvalue weighted by Crippen LogP contribution is -2.20. The van der Waals surface area contributed by atoms with Crippen LogP contribution < -0.4 is 0 Å². The van der Waals surface area contributed by atoms with Crippen LogP contribution in [0.25, 0.3) is 0 Å². The van der Waals surface area contributed by atoms with Gasteiger partial charge in [0.1, 0.15) is 0 Å². The van der Waals surface area contributed by atoms with Gasteiger partial charge in [0.25, 0.3) is 0 Å². The van der Waals surface area contributed by atoms with Gasteiger partial charge in [-0.15, -0.1) is 0 Å². The molecule has 0 unspecified atom stereocenters. The molecule has 0 amide bonds. The minimum Gasteiger partial charge on any atom is -0.294 e. The van der Waals surface area contributed by atoms with Gasteiger partial charge in [-0.05, 0) is 17.4 Å². The van der Waals surface area contributed by atoms with E-state index >= 15 is 0 Å². The molecule has 0 saturated carbocycles. The number of hydrogen-bond donors (Lipinski definition) is 0. The summed E-state index contributed by atoms with van der Waals surface area (Å²) < 4.78 is 0. The van der Waals surface area contributed by atoms with E-state index in [0.29, 0.717) is 0 Å². The van der Waals surface area contributed by atoms with Crippen molar-refractivity contribution in [1.29, 1.82) is 0 Å². The summed E-state index contributed by atoms with van der Waals surface area (Å²) in [6.45, 7) is 12.5. The Kier molecular flexibility index (Phi) is 3.81. The topological polar surface area (TPSA) is 17.1 Å². The van der Waals surface area contributed by atoms with Gasteiger partial charge in [0.15, 0.2) is 5.78 Å². The standard InChI is InChI=1S/C16H24O/c1-15(2,3)11-12-7-9-13(10-8-12)14(17)16(4,5)6/h7-10H,11H2,1-6H3. The van der Waals surface area contributed by atoms with Crippen molar-refractivity contribution in [3.8, 4) is 0 Å². The molecule has 0 fully saturated rings. The predicted octanol–water partition coefficient (Wildman–Crippen LogP) is 4.50. The van der Waals surface area contributed by atoms with Gasteiger partial charge >= 0.3 is 0 Å². The molecule has 0 saturated heterocycles. The number of hydrogen-bond acceptors (Lipinski definition) is 1. The highest BCUT2D eigenvalue weighted by molar-refractivity contribution is 5.99. The van der Waals surface area contributed by atoms with Crippen molar-refractivity contribution in [3.63, 3.8) is 0 Å². The highest BCUT2D eigenvalue weighted by Gasteiger charge is 2.22. The van der Waals surface area contributed by atoms with Crippen molar-refractivity contribution in [2.75, 3.05) is 0 Å². The molecule has 1 rings (SSSR count). The van der Waals surface area contributed by atoms with Crippen LogP contribution in [0, 0.1) is 10.8 Å². The molecule has 0 heterocycles. The van der Waals surface area contributed by atoms with Crippen LogP contribution in [-0.2, 0) is 6.42 Å². The monoisotopic (exact) mass is 232 g/mol. The fourth-order valence-electron chi connectivity index (χ4n) is 1.82. The predicted molar refractivity (Wildman–Crippen MR) is 73.4 cm³/mol. The molecule has 0 aromatic heterocycles. The summed E-state index contributed by atoms with van der Waals surface area (Å²) in [7, 11) is 0. The minimum absolute atomic E-state index is 0.208. The third kappa shape index (κ3) is 4.33. The Morgan fingerprint density at radius 1 is 0.941 bits per heavy atom. The van der Waals surface area contributed by atoms with Crippen LogP contribution in [0.3, 0.4) is 0 Å². The summed E-state index contributed by atoms with van der Waals surface area (Å²) in [4.78, 5) is 12.1. The molecule has 94 valence electrons. The van der Waals surface area contributed by atoms with Gasteiger partial charge in [0.05, 0.1) is 0 Å². The first kappa shape index (κ1) is 14.0. The van der Waals surface area contributed by atoms with E-state index in [2.05, 4.69) is 32.9 Å². The second kappa shape index (κ2) is 4.64. The van der Waals surface area contributed by atoms with E-state index in [4.69, 9.17) is 0 Å². The summed E-state index contributed by atoms with van der Waals surface area (Å²) in [5.74, 6) is 0.208. The molecular formula is C16H24O. The van der Waals surface area contributed by atoms with Gasteiger partial charge in [-0.1, -0.05) is 65.8 Å². The van der Waals surface area contributed by atoms with Gasteiger partial charge in [-0.3, -0.25) is 4.79 Å². The highest BCUT2D eigenvalue weighted by Crippen LogP contribution is 2.23. The Morgan fingerprint density at radius 3 is 1.76 bits per heavy atom. The number of benzene rings is 1. The second-order valence-electron chi connectivity index (χ2n) is 7.01. The average molecular weight is 232 g/mol. The first-order chi connectivity index (χ1) is 7.59. The molecule has 1 aromatic rings. The molecule has 1 heteroatoms. The van der Waals surface area contributed by atoms with E-state index in [-0.39, 0.29) is 16.6 Å². The molecule has 0 bridgehead atoms. The normalized spacial score (nSPS) is 12.6. The Bertz CT molecular complexity index is 385. The summed E-state index contributed by atoms with van der Waals surface area (Å²) in [6.07, 6.45) is 1.04. The molecule has 0 N–H and O–H groups in total. The summed E-state index contributed by atoms with van der Waals surface area (Å²) in [6, 6.07) is 8.05. The number of carbonyl (C=O) groups is 1. The summed E-state index contributed by atoms with van der Waals surface area (Å²) >= 11 is 0. The fraction of sp³-hybridized carbons (Fsp3) is 0.562. The van der Waals surface area contributed by atoms with E-state index in [9.17, 15) is 4.79 Å². The number of carbonyl (C=O) groups excluding carboxylic acids is 1. The summed E-state index contributed by atoms with van der Waals surface area (Å²) in [5, 5.41) is 0. The molecular weight excluding hydrogens is 208 g/mol. The number of Topliss-reactive ketones (excluding diaryl/α,β-unsaturated/α-hetero) is 1. The van der Waals surface area contributed by atoms with E-state index in [0.717, 1.165) is 12.0 Å². The maximum atomic E-state index is 12.1. The van der Waals surface area contributed by atoms with Crippen molar-refractivity contribution in [3.05, 3.63) is 35.4 Å². The zero-order chi connectivity index (χ0) is 13.3. The maximum absolute atomic E-state index is 12.1. The number of ketones is 1. The molecule has 0 radical (unpaired) electrons. The zero-order valence-corrected chi connectivity index (χ0v) is 11.9.